The molecule has 0 atom stereocenters. The summed E-state index contributed by atoms with van der Waals surface area (Å²) >= 11 is -2.60. The van der Waals surface area contributed by atoms with E-state index in [1.807, 2.05) is 0 Å². The summed E-state index contributed by atoms with van der Waals surface area (Å²) in [5.74, 6) is 0.563. The molecule has 2 aromatic carbocycles. The molecule has 0 nitrogen and oxygen atoms in total. The number of rotatable bonds is 13. The van der Waals surface area contributed by atoms with Gasteiger partial charge in [0.2, 0.25) is 0 Å². The van der Waals surface area contributed by atoms with E-state index in [4.69, 9.17) is 0 Å². The van der Waals surface area contributed by atoms with Gasteiger partial charge in [-0.2, -0.15) is 0 Å². The van der Waals surface area contributed by atoms with Gasteiger partial charge in [-0.05, 0) is 0 Å². The molecule has 0 radical (unpaired) electrons. The van der Waals surface area contributed by atoms with E-state index in [0.29, 0.717) is 5.92 Å². The average Bonchev–Trinajstić information content (AvgIpc) is 2.78. The van der Waals surface area contributed by atoms with Crippen molar-refractivity contribution in [3.8, 4) is 0 Å². The van der Waals surface area contributed by atoms with Crippen molar-refractivity contribution in [2.45, 2.75) is 92.4 Å². The van der Waals surface area contributed by atoms with Crippen LogP contribution < -0.4 is 0 Å². The third kappa shape index (κ3) is 7.01. The standard InChI is InChI=1S/C17H17.3C4H9.Sn/c1-14(2)17-11-7-6-10-16(17)13-12-15-8-4-3-5-9-15;3*1-3-4-2;/h3-12,14H,1-2H3;3*1,3-4H2,2H3;. The zero-order valence-corrected chi connectivity index (χ0v) is 23.1. The third-order valence-electron chi connectivity index (χ3n) is 6.58. The second-order valence-electron chi connectivity index (χ2n) is 9.30. The fraction of sp³-hybridized carbons (Fsp3) is 0.517. The Hall–Kier alpha value is -1.02. The van der Waals surface area contributed by atoms with Crippen LogP contribution in [0.3, 0.4) is 0 Å². The van der Waals surface area contributed by atoms with E-state index in [2.05, 4.69) is 95.3 Å². The fourth-order valence-corrected chi connectivity index (χ4v) is 21.7. The summed E-state index contributed by atoms with van der Waals surface area (Å²) in [7, 11) is 0. The molecule has 0 spiro atoms. The fourth-order valence-electron chi connectivity index (χ4n) is 4.80. The predicted molar refractivity (Wildman–Crippen MR) is 140 cm³/mol. The maximum atomic E-state index is 2.62. The van der Waals surface area contributed by atoms with Crippen molar-refractivity contribution in [3.63, 3.8) is 0 Å². The molecule has 0 heterocycles. The molecule has 0 aliphatic heterocycles. The van der Waals surface area contributed by atoms with Crippen LogP contribution in [-0.4, -0.2) is 18.4 Å². The van der Waals surface area contributed by atoms with E-state index in [0.717, 1.165) is 0 Å². The van der Waals surface area contributed by atoms with Crippen LogP contribution in [0.2, 0.25) is 13.3 Å². The van der Waals surface area contributed by atoms with E-state index < -0.39 is 18.4 Å². The maximum absolute atomic E-state index is 2.62. The van der Waals surface area contributed by atoms with Crippen LogP contribution in [-0.2, 0) is 0 Å². The summed E-state index contributed by atoms with van der Waals surface area (Å²) in [6.07, 6.45) is 10.8. The van der Waals surface area contributed by atoms with Crippen LogP contribution in [0.15, 0.2) is 54.6 Å². The molecule has 2 aromatic rings. The van der Waals surface area contributed by atoms with Crippen molar-refractivity contribution in [1.82, 2.24) is 0 Å². The molecule has 164 valence electrons. The first-order valence-electron chi connectivity index (χ1n) is 12.4. The quantitative estimate of drug-likeness (QED) is 0.186. The topological polar surface area (TPSA) is 0 Å². The van der Waals surface area contributed by atoms with E-state index in [1.165, 1.54) is 57.4 Å². The van der Waals surface area contributed by atoms with Gasteiger partial charge in [0.1, 0.15) is 0 Å². The van der Waals surface area contributed by atoms with Crippen LogP contribution in [0.1, 0.15) is 95.8 Å². The van der Waals surface area contributed by atoms with Crippen LogP contribution in [0.4, 0.5) is 0 Å². The van der Waals surface area contributed by atoms with Crippen molar-refractivity contribution < 1.29 is 0 Å². The molecule has 0 fully saturated rings. The molecule has 0 aliphatic rings. The summed E-state index contributed by atoms with van der Waals surface area (Å²) < 4.78 is 6.33. The Morgan fingerprint density at radius 3 is 1.73 bits per heavy atom. The van der Waals surface area contributed by atoms with Crippen LogP contribution in [0.5, 0.6) is 0 Å². The summed E-state index contributed by atoms with van der Waals surface area (Å²) in [6, 6.07) is 20.5. The minimum absolute atomic E-state index is 0.563. The van der Waals surface area contributed by atoms with Gasteiger partial charge < -0.3 is 0 Å². The Morgan fingerprint density at radius 2 is 1.23 bits per heavy atom. The van der Waals surface area contributed by atoms with Crippen molar-refractivity contribution in [1.29, 1.82) is 0 Å². The Kier molecular flexibility index (Phi) is 11.3. The van der Waals surface area contributed by atoms with Crippen molar-refractivity contribution in [2.24, 2.45) is 0 Å². The summed E-state index contributed by atoms with van der Waals surface area (Å²) in [5.41, 5.74) is 4.51. The summed E-state index contributed by atoms with van der Waals surface area (Å²) in [5, 5.41) is 0. The second-order valence-corrected chi connectivity index (χ2v) is 22.4. The predicted octanol–water partition coefficient (Wildman–Crippen LogP) is 9.74. The first-order valence-corrected chi connectivity index (χ1v) is 19.9. The van der Waals surface area contributed by atoms with Crippen molar-refractivity contribution in [3.05, 3.63) is 71.3 Å². The Labute approximate surface area is 191 Å². The van der Waals surface area contributed by atoms with Gasteiger partial charge in [-0.1, -0.05) is 0 Å². The Balaban J connectivity index is 2.73. The number of hydrogen-bond donors (Lipinski definition) is 0. The normalized spacial score (nSPS) is 12.5. The summed E-state index contributed by atoms with van der Waals surface area (Å²) in [6.45, 7) is 11.8. The van der Waals surface area contributed by atoms with Gasteiger partial charge in [-0.3, -0.25) is 0 Å². The Morgan fingerprint density at radius 1 is 0.733 bits per heavy atom. The molecule has 30 heavy (non-hydrogen) atoms. The van der Waals surface area contributed by atoms with Gasteiger partial charge in [0.15, 0.2) is 0 Å². The van der Waals surface area contributed by atoms with E-state index in [1.54, 1.807) is 14.7 Å². The molecule has 0 N–H and O–H groups in total. The van der Waals surface area contributed by atoms with Gasteiger partial charge in [-0.25, -0.2) is 0 Å². The number of benzene rings is 2. The minimum atomic E-state index is -2.60. The van der Waals surface area contributed by atoms with Crippen molar-refractivity contribution >= 4 is 28.0 Å². The molecule has 0 bridgehead atoms. The monoisotopic (exact) mass is 512 g/mol. The molecular weight excluding hydrogens is 467 g/mol. The molecule has 0 amide bonds. The zero-order valence-electron chi connectivity index (χ0n) is 20.2. The van der Waals surface area contributed by atoms with Crippen LogP contribution in [0.25, 0.3) is 9.67 Å². The molecule has 0 aliphatic carbocycles. The summed E-state index contributed by atoms with van der Waals surface area (Å²) in [4.78, 5) is 0. The van der Waals surface area contributed by atoms with Gasteiger partial charge in [0, 0.05) is 0 Å². The second kappa shape index (κ2) is 13.4. The molecule has 2 rings (SSSR count). The first-order chi connectivity index (χ1) is 14.6. The first kappa shape index (κ1) is 25.2. The van der Waals surface area contributed by atoms with Crippen LogP contribution in [0, 0.1) is 0 Å². The number of unbranched alkanes of at least 4 members (excludes halogenated alkanes) is 3. The van der Waals surface area contributed by atoms with Gasteiger partial charge >= 0.3 is 192 Å². The molecule has 0 aromatic heterocycles. The van der Waals surface area contributed by atoms with E-state index in [-0.39, 0.29) is 0 Å². The molecule has 0 saturated carbocycles. The molecule has 0 saturated heterocycles. The molecule has 1 heteroatoms. The van der Waals surface area contributed by atoms with Crippen molar-refractivity contribution in [2.75, 3.05) is 0 Å². The van der Waals surface area contributed by atoms with Gasteiger partial charge in [0.05, 0.1) is 0 Å². The number of hydrogen-bond acceptors (Lipinski definition) is 0. The zero-order chi connectivity index (χ0) is 21.8. The SMILES string of the molecule is CCC[CH2][Sn]([CH2]CCC)([CH2]CCC)/[C](=C\c1ccccc1)c1ccccc1C(C)C. The van der Waals surface area contributed by atoms with Gasteiger partial charge in [-0.15, -0.1) is 0 Å². The van der Waals surface area contributed by atoms with E-state index >= 15 is 0 Å². The van der Waals surface area contributed by atoms with Crippen LogP contribution >= 0.6 is 0 Å². The average molecular weight is 511 g/mol. The molecule has 0 unspecified atom stereocenters. The third-order valence-corrected chi connectivity index (χ3v) is 22.2. The van der Waals surface area contributed by atoms with Gasteiger partial charge in [0.25, 0.3) is 0 Å². The van der Waals surface area contributed by atoms with E-state index in [9.17, 15) is 0 Å². The molecular formula is C29H44Sn. The Bertz CT molecular complexity index is 735.